The number of methoxy groups -OCH3 is 1. The lowest BCUT2D eigenvalue weighted by molar-refractivity contribution is -0.116. The highest BCUT2D eigenvalue weighted by Gasteiger charge is 2.30. The summed E-state index contributed by atoms with van der Waals surface area (Å²) in [6, 6.07) is 3.44. The van der Waals surface area contributed by atoms with E-state index in [1.165, 1.54) is 55.3 Å². The minimum Gasteiger partial charge on any atom is -0.495 e. The second-order valence-electron chi connectivity index (χ2n) is 5.52. The van der Waals surface area contributed by atoms with Crippen molar-refractivity contribution in [1.29, 1.82) is 0 Å². The predicted molar refractivity (Wildman–Crippen MR) is 114 cm³/mol. The van der Waals surface area contributed by atoms with Crippen LogP contribution in [0, 0.1) is 0 Å². The van der Waals surface area contributed by atoms with Crippen molar-refractivity contribution in [3.8, 4) is 5.75 Å². The Labute approximate surface area is 177 Å². The smallest absolute Gasteiger partial charge is 0.249 e. The van der Waals surface area contributed by atoms with Gasteiger partial charge >= 0.3 is 0 Å². The van der Waals surface area contributed by atoms with E-state index in [1.807, 2.05) is 0 Å². The monoisotopic (exact) mass is 462 g/mol. The molecule has 0 spiro atoms. The first-order chi connectivity index (χ1) is 13.2. The molecule has 1 N–H and O–H groups in total. The number of anilines is 2. The van der Waals surface area contributed by atoms with Gasteiger partial charge in [-0.2, -0.15) is 0 Å². The number of ether oxygens (including phenoxy) is 1. The Morgan fingerprint density at radius 1 is 1.50 bits per heavy atom. The second-order valence-corrected chi connectivity index (χ2v) is 10.0. The van der Waals surface area contributed by atoms with Crippen LogP contribution in [0.25, 0.3) is 0 Å². The summed E-state index contributed by atoms with van der Waals surface area (Å²) in [7, 11) is -2.32. The SMILES string of the molecule is C=CCSc1nnc(NC(=O)[C@H](C)N(c2ccc(OC)c(Cl)c2)S(C)(=O)=O)s1. The summed E-state index contributed by atoms with van der Waals surface area (Å²) in [4.78, 5) is 12.6. The molecule has 0 aliphatic carbocycles. The fourth-order valence-electron chi connectivity index (χ4n) is 2.26. The number of benzene rings is 1. The van der Waals surface area contributed by atoms with Crippen LogP contribution in [-0.4, -0.2) is 49.7 Å². The van der Waals surface area contributed by atoms with E-state index < -0.39 is 22.0 Å². The molecule has 152 valence electrons. The number of aromatic nitrogens is 2. The van der Waals surface area contributed by atoms with Gasteiger partial charge in [-0.25, -0.2) is 8.42 Å². The maximum atomic E-state index is 12.6. The Kier molecular flexibility index (Phi) is 7.70. The molecule has 0 bridgehead atoms. The molecule has 0 aliphatic heterocycles. The Balaban J connectivity index is 2.24. The van der Waals surface area contributed by atoms with E-state index in [0.717, 1.165) is 10.6 Å². The molecule has 12 heteroatoms. The zero-order valence-corrected chi connectivity index (χ0v) is 18.6. The first-order valence-corrected chi connectivity index (χ1v) is 11.9. The normalized spacial score (nSPS) is 12.3. The van der Waals surface area contributed by atoms with Crippen LogP contribution < -0.4 is 14.4 Å². The number of carbonyl (C=O) groups excluding carboxylic acids is 1. The summed E-state index contributed by atoms with van der Waals surface area (Å²) in [5.74, 6) is 0.516. The number of nitrogens with zero attached hydrogens (tertiary/aromatic N) is 3. The molecule has 1 atom stereocenters. The van der Waals surface area contributed by atoms with Crippen LogP contribution in [0.2, 0.25) is 5.02 Å². The topological polar surface area (TPSA) is 101 Å². The summed E-state index contributed by atoms with van der Waals surface area (Å²) in [6.07, 6.45) is 2.75. The minimum absolute atomic E-state index is 0.231. The van der Waals surface area contributed by atoms with Gasteiger partial charge in [-0.3, -0.25) is 14.4 Å². The third-order valence-electron chi connectivity index (χ3n) is 3.44. The van der Waals surface area contributed by atoms with Crippen LogP contribution in [0.3, 0.4) is 0 Å². The van der Waals surface area contributed by atoms with Crippen LogP contribution in [0.1, 0.15) is 6.92 Å². The average molecular weight is 463 g/mol. The van der Waals surface area contributed by atoms with Crippen LogP contribution in [0.5, 0.6) is 5.75 Å². The van der Waals surface area contributed by atoms with Crippen molar-refractivity contribution in [2.75, 3.05) is 28.7 Å². The van der Waals surface area contributed by atoms with Crippen molar-refractivity contribution in [1.82, 2.24) is 10.2 Å². The number of hydrogen-bond acceptors (Lipinski definition) is 8. The molecule has 1 amide bonds. The van der Waals surface area contributed by atoms with Crippen molar-refractivity contribution < 1.29 is 17.9 Å². The van der Waals surface area contributed by atoms with Gasteiger partial charge in [0.15, 0.2) is 4.34 Å². The summed E-state index contributed by atoms with van der Waals surface area (Å²) >= 11 is 8.74. The van der Waals surface area contributed by atoms with E-state index in [9.17, 15) is 13.2 Å². The van der Waals surface area contributed by atoms with Crippen LogP contribution >= 0.6 is 34.7 Å². The summed E-state index contributed by atoms with van der Waals surface area (Å²) in [5, 5.41) is 11.0. The van der Waals surface area contributed by atoms with Crippen LogP contribution in [0.4, 0.5) is 10.8 Å². The van der Waals surface area contributed by atoms with E-state index in [-0.39, 0.29) is 15.8 Å². The molecule has 0 unspecified atom stereocenters. The molecule has 0 saturated heterocycles. The number of hydrogen-bond donors (Lipinski definition) is 1. The Morgan fingerprint density at radius 2 is 2.21 bits per heavy atom. The molecule has 28 heavy (non-hydrogen) atoms. The van der Waals surface area contributed by atoms with E-state index in [2.05, 4.69) is 22.1 Å². The molecule has 0 radical (unpaired) electrons. The van der Waals surface area contributed by atoms with Crippen LogP contribution in [0.15, 0.2) is 35.2 Å². The van der Waals surface area contributed by atoms with Crippen molar-refractivity contribution in [2.45, 2.75) is 17.3 Å². The number of rotatable bonds is 9. The molecular formula is C16H19ClN4O4S3. The number of thioether (sulfide) groups is 1. The molecule has 2 aromatic rings. The highest BCUT2D eigenvalue weighted by atomic mass is 35.5. The van der Waals surface area contributed by atoms with E-state index in [0.29, 0.717) is 15.8 Å². The quantitative estimate of drug-likeness (QED) is 0.346. The fourth-order valence-corrected chi connectivity index (χ4v) is 5.19. The van der Waals surface area contributed by atoms with Crippen LogP contribution in [-0.2, 0) is 14.8 Å². The molecule has 0 fully saturated rings. The lowest BCUT2D eigenvalue weighted by atomic mass is 10.2. The summed E-state index contributed by atoms with van der Waals surface area (Å²) in [5.41, 5.74) is 0.246. The van der Waals surface area contributed by atoms with Gasteiger partial charge in [-0.15, -0.1) is 16.8 Å². The molecule has 1 aromatic carbocycles. The maximum absolute atomic E-state index is 12.6. The number of halogens is 1. The van der Waals surface area contributed by atoms with Gasteiger partial charge in [0.1, 0.15) is 11.8 Å². The first kappa shape index (κ1) is 22.5. The lowest BCUT2D eigenvalue weighted by Crippen LogP contribution is -2.45. The standard InChI is InChI=1S/C16H19ClN4O4S3/c1-5-8-26-16-20-19-15(27-16)18-14(22)10(2)21(28(4,23)24)11-6-7-13(25-3)12(17)9-11/h5-7,9-10H,1,8H2,2-4H3,(H,18,19,22)/t10-/m0/s1. The van der Waals surface area contributed by atoms with E-state index >= 15 is 0 Å². The Morgan fingerprint density at radius 3 is 2.79 bits per heavy atom. The zero-order chi connectivity index (χ0) is 20.9. The van der Waals surface area contributed by atoms with Crippen molar-refractivity contribution in [3.05, 3.63) is 35.9 Å². The van der Waals surface area contributed by atoms with Crippen molar-refractivity contribution >= 4 is 61.4 Å². The summed E-state index contributed by atoms with van der Waals surface area (Å²) < 4.78 is 31.4. The third-order valence-corrected chi connectivity index (χ3v) is 6.94. The van der Waals surface area contributed by atoms with Gasteiger partial charge in [0.05, 0.1) is 24.1 Å². The molecule has 0 aliphatic rings. The van der Waals surface area contributed by atoms with Gasteiger partial charge in [-0.1, -0.05) is 40.8 Å². The minimum atomic E-state index is -3.77. The predicted octanol–water partition coefficient (Wildman–Crippen LogP) is 3.27. The third kappa shape index (κ3) is 5.60. The number of sulfonamides is 1. The van der Waals surface area contributed by atoms with Gasteiger partial charge < -0.3 is 4.74 Å². The van der Waals surface area contributed by atoms with E-state index in [1.54, 1.807) is 6.08 Å². The molecule has 8 nitrogen and oxygen atoms in total. The van der Waals surface area contributed by atoms with E-state index in [4.69, 9.17) is 16.3 Å². The molecule has 1 aromatic heterocycles. The number of nitrogens with one attached hydrogen (secondary N) is 1. The zero-order valence-electron chi connectivity index (χ0n) is 15.4. The molecular weight excluding hydrogens is 444 g/mol. The maximum Gasteiger partial charge on any atom is 0.249 e. The van der Waals surface area contributed by atoms with Gasteiger partial charge in [0.2, 0.25) is 21.1 Å². The highest BCUT2D eigenvalue weighted by molar-refractivity contribution is 8.01. The average Bonchev–Trinajstić information content (AvgIpc) is 3.06. The molecule has 2 rings (SSSR count). The largest absolute Gasteiger partial charge is 0.495 e. The first-order valence-electron chi connectivity index (χ1n) is 7.88. The molecule has 0 saturated carbocycles. The number of amides is 1. The Bertz CT molecular complexity index is 965. The number of carbonyl (C=O) groups is 1. The van der Waals surface area contributed by atoms with Crippen molar-refractivity contribution in [3.63, 3.8) is 0 Å². The second kappa shape index (κ2) is 9.59. The highest BCUT2D eigenvalue weighted by Crippen LogP contribution is 2.32. The van der Waals surface area contributed by atoms with Gasteiger partial charge in [0, 0.05) is 5.75 Å². The molecule has 1 heterocycles. The van der Waals surface area contributed by atoms with Gasteiger partial charge in [0.25, 0.3) is 0 Å². The fraction of sp³-hybridized carbons (Fsp3) is 0.312. The summed E-state index contributed by atoms with van der Waals surface area (Å²) in [6.45, 7) is 5.10. The Hall–Kier alpha value is -1.82. The lowest BCUT2D eigenvalue weighted by Gasteiger charge is -2.28. The van der Waals surface area contributed by atoms with Gasteiger partial charge in [-0.05, 0) is 25.1 Å². The van der Waals surface area contributed by atoms with Crippen molar-refractivity contribution in [2.24, 2.45) is 0 Å².